The molecule has 0 aliphatic carbocycles. The number of rotatable bonds is 8. The van der Waals surface area contributed by atoms with Gasteiger partial charge in [-0.25, -0.2) is 9.97 Å². The molecule has 1 aromatic heterocycles. The zero-order valence-corrected chi connectivity index (χ0v) is 26.3. The lowest BCUT2D eigenvalue weighted by molar-refractivity contribution is 0.820. The summed E-state index contributed by atoms with van der Waals surface area (Å²) in [6, 6.07) is 54.5. The molecule has 3 N–H and O–H groups in total. The summed E-state index contributed by atoms with van der Waals surface area (Å²) in [6.07, 6.45) is 1.42. The standard InChI is InChI=1S/C43H33N5/c44-42(39-21-18-35-22-30(14-15-36(35)25-39)28-45-27-29-8-2-1-3-9-29)48-43-46-40(37-19-16-31-10-4-6-12-33(31)23-37)26-41(47-43)38-20-17-32-11-5-7-13-34(32)24-38/h1-26,28,42H,27,44H2,(H,46,47,48). The van der Waals surface area contributed by atoms with Gasteiger partial charge in [-0.2, -0.15) is 0 Å². The summed E-state index contributed by atoms with van der Waals surface area (Å²) in [5.41, 5.74) is 13.7. The molecule has 0 spiro atoms. The smallest absolute Gasteiger partial charge is 0.225 e. The number of aliphatic imine (C=N–C) groups is 1. The third-order valence-corrected chi connectivity index (χ3v) is 8.71. The Morgan fingerprint density at radius 2 is 1.08 bits per heavy atom. The average Bonchev–Trinajstić information content (AvgIpc) is 3.14. The second-order valence-corrected chi connectivity index (χ2v) is 12.0. The first-order valence-corrected chi connectivity index (χ1v) is 16.1. The van der Waals surface area contributed by atoms with Gasteiger partial charge in [-0.3, -0.25) is 4.99 Å². The van der Waals surface area contributed by atoms with E-state index in [-0.39, 0.29) is 0 Å². The fraction of sp³-hybridized carbons (Fsp3) is 0.0465. The number of benzene rings is 7. The summed E-state index contributed by atoms with van der Waals surface area (Å²) < 4.78 is 0. The molecular formula is C43H33N5. The van der Waals surface area contributed by atoms with Crippen molar-refractivity contribution in [3.05, 3.63) is 174 Å². The molecule has 0 aliphatic rings. The van der Waals surface area contributed by atoms with Crippen LogP contribution in [0.15, 0.2) is 163 Å². The van der Waals surface area contributed by atoms with Gasteiger partial charge in [0.25, 0.3) is 0 Å². The van der Waals surface area contributed by atoms with Crippen LogP contribution < -0.4 is 11.1 Å². The minimum Gasteiger partial charge on any atom is -0.335 e. The van der Waals surface area contributed by atoms with Gasteiger partial charge in [0.05, 0.1) is 17.9 Å². The maximum Gasteiger partial charge on any atom is 0.225 e. The third kappa shape index (κ3) is 6.27. The Hall–Kier alpha value is -6.17. The van der Waals surface area contributed by atoms with Crippen molar-refractivity contribution in [2.75, 3.05) is 5.32 Å². The predicted molar refractivity (Wildman–Crippen MR) is 200 cm³/mol. The number of aromatic nitrogens is 2. The molecule has 7 aromatic carbocycles. The molecule has 0 fully saturated rings. The zero-order valence-electron chi connectivity index (χ0n) is 26.3. The number of nitrogens with two attached hydrogens (primary N) is 1. The monoisotopic (exact) mass is 619 g/mol. The lowest BCUT2D eigenvalue weighted by Crippen LogP contribution is -2.21. The lowest BCUT2D eigenvalue weighted by atomic mass is 10.0. The highest BCUT2D eigenvalue weighted by molar-refractivity contribution is 5.91. The number of fused-ring (bicyclic) bond motifs is 3. The number of nitrogens with one attached hydrogen (secondary N) is 1. The molecule has 8 aromatic rings. The molecule has 0 amide bonds. The maximum absolute atomic E-state index is 6.78. The fourth-order valence-corrected chi connectivity index (χ4v) is 6.12. The quantitative estimate of drug-likeness (QED) is 0.131. The SMILES string of the molecule is NC(Nc1nc(-c2ccc3ccccc3c2)cc(-c2ccc3ccccc3c2)n1)c1ccc2cc(C=NCc3ccccc3)ccc2c1. The Balaban J connectivity index is 1.10. The highest BCUT2D eigenvalue weighted by atomic mass is 15.2. The van der Waals surface area contributed by atoms with E-state index in [0.29, 0.717) is 12.5 Å². The van der Waals surface area contributed by atoms with Gasteiger partial charge in [0.1, 0.15) is 6.17 Å². The van der Waals surface area contributed by atoms with Gasteiger partial charge < -0.3 is 11.1 Å². The minimum absolute atomic E-state index is 0.474. The van der Waals surface area contributed by atoms with Gasteiger partial charge in [0, 0.05) is 17.3 Å². The lowest BCUT2D eigenvalue weighted by Gasteiger charge is -2.17. The summed E-state index contributed by atoms with van der Waals surface area (Å²) in [6.45, 7) is 0.658. The second kappa shape index (κ2) is 12.9. The highest BCUT2D eigenvalue weighted by Crippen LogP contribution is 2.30. The van der Waals surface area contributed by atoms with Crippen molar-refractivity contribution in [1.82, 2.24) is 9.97 Å². The number of hydrogen-bond acceptors (Lipinski definition) is 5. The summed E-state index contributed by atoms with van der Waals surface area (Å²) >= 11 is 0. The van der Waals surface area contributed by atoms with E-state index >= 15 is 0 Å². The molecule has 48 heavy (non-hydrogen) atoms. The summed E-state index contributed by atoms with van der Waals surface area (Å²) in [5.74, 6) is 0.474. The van der Waals surface area contributed by atoms with E-state index in [0.717, 1.165) is 55.2 Å². The van der Waals surface area contributed by atoms with E-state index in [1.807, 2.05) is 24.4 Å². The van der Waals surface area contributed by atoms with Gasteiger partial charge in [-0.05, 0) is 79.3 Å². The van der Waals surface area contributed by atoms with Crippen LogP contribution in [0.25, 0.3) is 54.8 Å². The van der Waals surface area contributed by atoms with Crippen LogP contribution in [-0.4, -0.2) is 16.2 Å². The highest BCUT2D eigenvalue weighted by Gasteiger charge is 2.14. The second-order valence-electron chi connectivity index (χ2n) is 12.0. The van der Waals surface area contributed by atoms with E-state index in [9.17, 15) is 0 Å². The molecule has 0 aliphatic heterocycles. The van der Waals surface area contributed by atoms with Gasteiger partial charge in [-0.1, -0.05) is 127 Å². The van der Waals surface area contributed by atoms with Crippen LogP contribution in [0.5, 0.6) is 0 Å². The molecule has 0 saturated heterocycles. The Kier molecular flexibility index (Phi) is 7.87. The van der Waals surface area contributed by atoms with Gasteiger partial charge in [0.2, 0.25) is 5.95 Å². The van der Waals surface area contributed by atoms with Crippen LogP contribution in [0.1, 0.15) is 22.9 Å². The number of hydrogen-bond donors (Lipinski definition) is 2. The van der Waals surface area contributed by atoms with Crippen LogP contribution in [-0.2, 0) is 6.54 Å². The molecular weight excluding hydrogens is 587 g/mol. The average molecular weight is 620 g/mol. The molecule has 0 saturated carbocycles. The van der Waals surface area contributed by atoms with Crippen molar-refractivity contribution >= 4 is 44.5 Å². The first kappa shape index (κ1) is 29.2. The van der Waals surface area contributed by atoms with Crippen molar-refractivity contribution < 1.29 is 0 Å². The normalized spacial score (nSPS) is 12.2. The molecule has 5 heteroatoms. The minimum atomic E-state index is -0.516. The Morgan fingerprint density at radius 1 is 0.542 bits per heavy atom. The molecule has 230 valence electrons. The molecule has 0 bridgehead atoms. The third-order valence-electron chi connectivity index (χ3n) is 8.71. The van der Waals surface area contributed by atoms with E-state index in [4.69, 9.17) is 15.7 Å². The topological polar surface area (TPSA) is 76.2 Å². The van der Waals surface area contributed by atoms with E-state index in [1.165, 1.54) is 16.3 Å². The van der Waals surface area contributed by atoms with Crippen molar-refractivity contribution in [2.45, 2.75) is 12.7 Å². The zero-order chi connectivity index (χ0) is 32.3. The van der Waals surface area contributed by atoms with E-state index in [2.05, 4.69) is 150 Å². The Labute approximate surface area is 279 Å². The predicted octanol–water partition coefficient (Wildman–Crippen LogP) is 9.96. The molecule has 0 radical (unpaired) electrons. The van der Waals surface area contributed by atoms with Crippen molar-refractivity contribution in [3.63, 3.8) is 0 Å². The van der Waals surface area contributed by atoms with Crippen LogP contribution in [0.3, 0.4) is 0 Å². The molecule has 1 heterocycles. The summed E-state index contributed by atoms with van der Waals surface area (Å²) in [4.78, 5) is 14.6. The van der Waals surface area contributed by atoms with Crippen molar-refractivity contribution in [1.29, 1.82) is 0 Å². The fourth-order valence-electron chi connectivity index (χ4n) is 6.12. The maximum atomic E-state index is 6.78. The molecule has 5 nitrogen and oxygen atoms in total. The molecule has 1 unspecified atom stereocenters. The molecule has 8 rings (SSSR count). The van der Waals surface area contributed by atoms with Gasteiger partial charge in [0.15, 0.2) is 0 Å². The summed E-state index contributed by atoms with van der Waals surface area (Å²) in [7, 11) is 0. The first-order valence-electron chi connectivity index (χ1n) is 16.1. The van der Waals surface area contributed by atoms with Crippen molar-refractivity contribution in [3.8, 4) is 22.5 Å². The van der Waals surface area contributed by atoms with E-state index < -0.39 is 6.17 Å². The Bertz CT molecular complexity index is 2340. The first-order chi connectivity index (χ1) is 23.6. The van der Waals surface area contributed by atoms with Crippen LogP contribution in [0.4, 0.5) is 5.95 Å². The van der Waals surface area contributed by atoms with Crippen molar-refractivity contribution in [2.24, 2.45) is 10.7 Å². The van der Waals surface area contributed by atoms with E-state index in [1.54, 1.807) is 0 Å². The number of anilines is 1. The number of nitrogens with zero attached hydrogens (tertiary/aromatic N) is 3. The van der Waals surface area contributed by atoms with Gasteiger partial charge >= 0.3 is 0 Å². The van der Waals surface area contributed by atoms with Crippen LogP contribution in [0.2, 0.25) is 0 Å². The Morgan fingerprint density at radius 3 is 1.75 bits per heavy atom. The van der Waals surface area contributed by atoms with Crippen LogP contribution in [0, 0.1) is 0 Å². The van der Waals surface area contributed by atoms with Crippen LogP contribution >= 0.6 is 0 Å². The van der Waals surface area contributed by atoms with Gasteiger partial charge in [-0.15, -0.1) is 0 Å². The summed E-state index contributed by atoms with van der Waals surface area (Å²) in [5, 5.41) is 10.3. The largest absolute Gasteiger partial charge is 0.335 e. The molecule has 1 atom stereocenters.